The molecule has 0 spiro atoms. The highest BCUT2D eigenvalue weighted by atomic mass is 31.0. The van der Waals surface area contributed by atoms with Crippen LogP contribution in [-0.4, -0.2) is 0 Å². The third-order valence-electron chi connectivity index (χ3n) is 3.39. The first kappa shape index (κ1) is 12.3. The SMILES string of the molecule is c1ccc(Cc2cc[pH]c2Cc2ccccc2)cc1. The standard InChI is InChI=1S/C18H17P/c1-3-7-15(8-4-1)13-17-11-12-19-18(17)14-16-9-5-2-6-10-16/h1-12,19H,13-14H2. The zero-order valence-corrected chi connectivity index (χ0v) is 11.8. The van der Waals surface area contributed by atoms with Crippen LogP contribution >= 0.6 is 8.19 Å². The highest BCUT2D eigenvalue weighted by Crippen LogP contribution is 2.26. The van der Waals surface area contributed by atoms with Crippen molar-refractivity contribution in [2.24, 2.45) is 0 Å². The van der Waals surface area contributed by atoms with Crippen LogP contribution in [-0.2, 0) is 12.8 Å². The van der Waals surface area contributed by atoms with Gasteiger partial charge in [-0.15, -0.1) is 8.19 Å². The van der Waals surface area contributed by atoms with Crippen molar-refractivity contribution in [3.05, 3.63) is 94.5 Å². The molecule has 0 bridgehead atoms. The van der Waals surface area contributed by atoms with Gasteiger partial charge in [0.25, 0.3) is 0 Å². The largest absolute Gasteiger partial charge is 0.136 e. The van der Waals surface area contributed by atoms with E-state index < -0.39 is 0 Å². The van der Waals surface area contributed by atoms with Gasteiger partial charge in [-0.05, 0) is 34.2 Å². The predicted octanol–water partition coefficient (Wildman–Crippen LogP) is 4.90. The summed E-state index contributed by atoms with van der Waals surface area (Å²) in [7, 11) is 0.856. The van der Waals surface area contributed by atoms with Crippen molar-refractivity contribution in [2.75, 3.05) is 0 Å². The molecule has 19 heavy (non-hydrogen) atoms. The summed E-state index contributed by atoms with van der Waals surface area (Å²) in [6.45, 7) is 0. The van der Waals surface area contributed by atoms with Crippen LogP contribution in [0, 0.1) is 0 Å². The monoisotopic (exact) mass is 264 g/mol. The molecule has 1 aromatic heterocycles. The second-order valence-electron chi connectivity index (χ2n) is 4.81. The Bertz CT molecular complexity index is 567. The van der Waals surface area contributed by atoms with Crippen LogP contribution < -0.4 is 0 Å². The first-order chi connectivity index (χ1) is 9.42. The summed E-state index contributed by atoms with van der Waals surface area (Å²) in [5, 5.41) is 1.59. The van der Waals surface area contributed by atoms with Crippen LogP contribution in [0.1, 0.15) is 22.0 Å². The van der Waals surface area contributed by atoms with Crippen LogP contribution in [0.2, 0.25) is 0 Å². The molecule has 1 unspecified atom stereocenters. The Morgan fingerprint density at radius 1 is 0.632 bits per heavy atom. The van der Waals surface area contributed by atoms with Gasteiger partial charge < -0.3 is 0 Å². The van der Waals surface area contributed by atoms with E-state index in [0.29, 0.717) is 0 Å². The Morgan fingerprint density at radius 3 is 1.84 bits per heavy atom. The van der Waals surface area contributed by atoms with E-state index in [1.807, 2.05) is 0 Å². The summed E-state index contributed by atoms with van der Waals surface area (Å²) in [6.07, 6.45) is 2.15. The first-order valence-corrected chi connectivity index (χ1v) is 7.72. The summed E-state index contributed by atoms with van der Waals surface area (Å²) in [5.41, 5.74) is 4.33. The number of rotatable bonds is 4. The minimum Gasteiger partial charge on any atom is -0.136 e. The van der Waals surface area contributed by atoms with Crippen LogP contribution in [0.5, 0.6) is 0 Å². The van der Waals surface area contributed by atoms with Crippen molar-refractivity contribution in [1.82, 2.24) is 0 Å². The zero-order chi connectivity index (χ0) is 12.9. The van der Waals surface area contributed by atoms with E-state index in [4.69, 9.17) is 0 Å². The molecule has 1 heterocycles. The van der Waals surface area contributed by atoms with Gasteiger partial charge in [0.15, 0.2) is 0 Å². The summed E-state index contributed by atoms with van der Waals surface area (Å²) in [4.78, 5) is 0. The fourth-order valence-corrected chi connectivity index (χ4v) is 3.53. The Kier molecular flexibility index (Phi) is 3.81. The van der Waals surface area contributed by atoms with Gasteiger partial charge in [-0.25, -0.2) is 0 Å². The van der Waals surface area contributed by atoms with Crippen molar-refractivity contribution >= 4 is 8.19 Å². The van der Waals surface area contributed by atoms with E-state index >= 15 is 0 Å². The molecule has 1 heteroatoms. The maximum Gasteiger partial charge on any atom is 0.00122 e. The van der Waals surface area contributed by atoms with Gasteiger partial charge in [-0.3, -0.25) is 0 Å². The van der Waals surface area contributed by atoms with Gasteiger partial charge in [0.2, 0.25) is 0 Å². The van der Waals surface area contributed by atoms with Gasteiger partial charge in [-0.1, -0.05) is 66.7 Å². The average Bonchev–Trinajstić information content (AvgIpc) is 2.88. The molecule has 0 nitrogen and oxygen atoms in total. The van der Waals surface area contributed by atoms with Crippen LogP contribution in [0.3, 0.4) is 0 Å². The molecule has 94 valence electrons. The lowest BCUT2D eigenvalue weighted by molar-refractivity contribution is 1.13. The lowest BCUT2D eigenvalue weighted by Crippen LogP contribution is -1.92. The normalized spacial score (nSPS) is 10.9. The molecule has 0 radical (unpaired) electrons. The van der Waals surface area contributed by atoms with E-state index in [1.54, 1.807) is 5.30 Å². The van der Waals surface area contributed by atoms with E-state index in [9.17, 15) is 0 Å². The quantitative estimate of drug-likeness (QED) is 0.628. The summed E-state index contributed by atoms with van der Waals surface area (Å²) >= 11 is 0. The highest BCUT2D eigenvalue weighted by Gasteiger charge is 2.05. The molecule has 3 rings (SSSR count). The molecular formula is C18H17P. The van der Waals surface area contributed by atoms with Gasteiger partial charge in [0, 0.05) is 6.42 Å². The van der Waals surface area contributed by atoms with Crippen molar-refractivity contribution in [3.8, 4) is 0 Å². The van der Waals surface area contributed by atoms with Crippen molar-refractivity contribution in [1.29, 1.82) is 0 Å². The van der Waals surface area contributed by atoms with E-state index in [-0.39, 0.29) is 0 Å². The number of hydrogen-bond acceptors (Lipinski definition) is 0. The third kappa shape index (κ3) is 3.16. The fourth-order valence-electron chi connectivity index (χ4n) is 2.38. The lowest BCUT2D eigenvalue weighted by Gasteiger charge is -2.05. The van der Waals surface area contributed by atoms with Crippen LogP contribution in [0.25, 0.3) is 0 Å². The second kappa shape index (κ2) is 5.91. The molecule has 0 saturated carbocycles. The van der Waals surface area contributed by atoms with Gasteiger partial charge in [0.05, 0.1) is 0 Å². The number of benzene rings is 2. The Balaban J connectivity index is 1.79. The van der Waals surface area contributed by atoms with Crippen molar-refractivity contribution in [2.45, 2.75) is 12.8 Å². The second-order valence-corrected chi connectivity index (χ2v) is 6.03. The smallest absolute Gasteiger partial charge is 0.00122 e. The molecule has 3 aromatic rings. The molecule has 0 N–H and O–H groups in total. The van der Waals surface area contributed by atoms with Gasteiger partial charge in [0.1, 0.15) is 0 Å². The average molecular weight is 264 g/mol. The molecule has 2 aromatic carbocycles. The van der Waals surface area contributed by atoms with E-state index in [0.717, 1.165) is 21.0 Å². The van der Waals surface area contributed by atoms with Gasteiger partial charge >= 0.3 is 0 Å². The predicted molar refractivity (Wildman–Crippen MR) is 84.4 cm³/mol. The molecule has 1 atom stereocenters. The number of hydrogen-bond donors (Lipinski definition) is 0. The Morgan fingerprint density at radius 2 is 1.21 bits per heavy atom. The minimum absolute atomic E-state index is 0.856. The zero-order valence-electron chi connectivity index (χ0n) is 10.8. The van der Waals surface area contributed by atoms with E-state index in [1.165, 1.54) is 16.7 Å². The van der Waals surface area contributed by atoms with E-state index in [2.05, 4.69) is 72.5 Å². The first-order valence-electron chi connectivity index (χ1n) is 6.65. The summed E-state index contributed by atoms with van der Waals surface area (Å²) in [6, 6.07) is 23.8. The Labute approximate surface area is 116 Å². The van der Waals surface area contributed by atoms with Gasteiger partial charge in [-0.2, -0.15) is 0 Å². The molecule has 0 amide bonds. The van der Waals surface area contributed by atoms with Crippen molar-refractivity contribution < 1.29 is 0 Å². The Hall–Kier alpha value is -1.78. The topological polar surface area (TPSA) is 0 Å². The maximum atomic E-state index is 2.32. The molecule has 0 saturated heterocycles. The highest BCUT2D eigenvalue weighted by molar-refractivity contribution is 7.30. The minimum atomic E-state index is 0.856. The van der Waals surface area contributed by atoms with Crippen molar-refractivity contribution in [3.63, 3.8) is 0 Å². The molecular weight excluding hydrogens is 247 g/mol. The summed E-state index contributed by atoms with van der Waals surface area (Å²) in [5.74, 6) is 2.32. The molecule has 0 aliphatic heterocycles. The van der Waals surface area contributed by atoms with Crippen LogP contribution in [0.4, 0.5) is 0 Å². The molecule has 0 aliphatic carbocycles. The van der Waals surface area contributed by atoms with Crippen LogP contribution in [0.15, 0.2) is 72.5 Å². The summed E-state index contributed by atoms with van der Waals surface area (Å²) < 4.78 is 0. The fraction of sp³-hybridized carbons (Fsp3) is 0.111. The third-order valence-corrected chi connectivity index (χ3v) is 4.57. The molecule has 0 aliphatic rings. The molecule has 0 fully saturated rings. The lowest BCUT2D eigenvalue weighted by atomic mass is 10.0. The maximum absolute atomic E-state index is 2.32.